The SMILES string of the molecule is COc1ccc(C(=O)NC(C(=O)NCC#Cc2ccccc2)C(C)C)cc1. The molecule has 0 aliphatic carbocycles. The van der Waals surface area contributed by atoms with Gasteiger partial charge < -0.3 is 15.4 Å². The Morgan fingerprint density at radius 1 is 1.04 bits per heavy atom. The number of rotatable bonds is 6. The number of hydrogen-bond donors (Lipinski definition) is 2. The zero-order valence-corrected chi connectivity index (χ0v) is 15.8. The molecule has 0 aromatic heterocycles. The van der Waals surface area contributed by atoms with Gasteiger partial charge in [-0.3, -0.25) is 9.59 Å². The van der Waals surface area contributed by atoms with Crippen LogP contribution in [-0.2, 0) is 4.79 Å². The highest BCUT2D eigenvalue weighted by Gasteiger charge is 2.24. The number of benzene rings is 2. The Balaban J connectivity index is 1.94. The van der Waals surface area contributed by atoms with Crippen molar-refractivity contribution in [3.63, 3.8) is 0 Å². The van der Waals surface area contributed by atoms with Crippen LogP contribution in [0.5, 0.6) is 5.75 Å². The van der Waals surface area contributed by atoms with Crippen molar-refractivity contribution >= 4 is 11.8 Å². The van der Waals surface area contributed by atoms with Crippen LogP contribution < -0.4 is 15.4 Å². The molecule has 1 unspecified atom stereocenters. The molecule has 0 aliphatic rings. The van der Waals surface area contributed by atoms with Gasteiger partial charge >= 0.3 is 0 Å². The first-order chi connectivity index (χ1) is 13.0. The standard InChI is InChI=1S/C22H24N2O3/c1-16(2)20(24-21(25)18-11-13-19(27-3)14-12-18)22(26)23-15-7-10-17-8-5-4-6-9-17/h4-6,8-9,11-14,16,20H,15H2,1-3H3,(H,23,26)(H,24,25). The second-order valence-corrected chi connectivity index (χ2v) is 6.31. The van der Waals surface area contributed by atoms with Gasteiger partial charge in [0.25, 0.3) is 5.91 Å². The number of methoxy groups -OCH3 is 1. The Kier molecular flexibility index (Phi) is 7.45. The summed E-state index contributed by atoms with van der Waals surface area (Å²) in [7, 11) is 1.56. The van der Waals surface area contributed by atoms with Crippen molar-refractivity contribution in [1.82, 2.24) is 10.6 Å². The molecule has 2 aromatic carbocycles. The fraction of sp³-hybridized carbons (Fsp3) is 0.273. The Morgan fingerprint density at radius 3 is 2.30 bits per heavy atom. The van der Waals surface area contributed by atoms with Gasteiger partial charge in [0.2, 0.25) is 5.91 Å². The average molecular weight is 364 g/mol. The van der Waals surface area contributed by atoms with E-state index in [9.17, 15) is 9.59 Å². The second-order valence-electron chi connectivity index (χ2n) is 6.31. The first-order valence-corrected chi connectivity index (χ1v) is 8.78. The highest BCUT2D eigenvalue weighted by molar-refractivity contribution is 5.97. The van der Waals surface area contributed by atoms with E-state index in [2.05, 4.69) is 22.5 Å². The van der Waals surface area contributed by atoms with E-state index in [-0.39, 0.29) is 24.3 Å². The summed E-state index contributed by atoms with van der Waals surface area (Å²) in [5, 5.41) is 5.55. The monoisotopic (exact) mass is 364 g/mol. The molecule has 2 N–H and O–H groups in total. The van der Waals surface area contributed by atoms with Gasteiger partial charge in [0.15, 0.2) is 0 Å². The Bertz CT molecular complexity index is 818. The number of carbonyl (C=O) groups excluding carboxylic acids is 2. The fourth-order valence-electron chi connectivity index (χ4n) is 2.41. The molecule has 0 heterocycles. The van der Waals surface area contributed by atoms with Crippen LogP contribution in [0.4, 0.5) is 0 Å². The van der Waals surface area contributed by atoms with E-state index in [1.165, 1.54) is 0 Å². The van der Waals surface area contributed by atoms with E-state index in [0.717, 1.165) is 5.56 Å². The summed E-state index contributed by atoms with van der Waals surface area (Å²) in [6.45, 7) is 3.98. The lowest BCUT2D eigenvalue weighted by molar-refractivity contribution is -0.123. The number of carbonyl (C=O) groups is 2. The Labute approximate surface area is 160 Å². The molecule has 5 heteroatoms. The molecule has 2 aromatic rings. The van der Waals surface area contributed by atoms with E-state index < -0.39 is 6.04 Å². The summed E-state index contributed by atoms with van der Waals surface area (Å²) in [5.74, 6) is 5.95. The minimum absolute atomic E-state index is 0.0609. The molecule has 0 saturated carbocycles. The van der Waals surface area contributed by atoms with Crippen molar-refractivity contribution in [2.45, 2.75) is 19.9 Å². The number of ether oxygens (including phenoxy) is 1. The van der Waals surface area contributed by atoms with Crippen molar-refractivity contribution in [2.24, 2.45) is 5.92 Å². The van der Waals surface area contributed by atoms with Crippen molar-refractivity contribution in [3.8, 4) is 17.6 Å². The van der Waals surface area contributed by atoms with E-state index >= 15 is 0 Å². The lowest BCUT2D eigenvalue weighted by atomic mass is 10.0. The van der Waals surface area contributed by atoms with Gasteiger partial charge in [-0.25, -0.2) is 0 Å². The zero-order chi connectivity index (χ0) is 19.6. The first kappa shape index (κ1) is 20.1. The van der Waals surface area contributed by atoms with Crippen LogP contribution in [-0.4, -0.2) is 31.5 Å². The third-order valence-electron chi connectivity index (χ3n) is 3.95. The minimum Gasteiger partial charge on any atom is -0.497 e. The molecule has 0 saturated heterocycles. The van der Waals surface area contributed by atoms with Gasteiger partial charge in [-0.1, -0.05) is 43.9 Å². The number of hydrogen-bond acceptors (Lipinski definition) is 3. The van der Waals surface area contributed by atoms with Crippen molar-refractivity contribution < 1.29 is 14.3 Å². The molecule has 5 nitrogen and oxygen atoms in total. The van der Waals surface area contributed by atoms with Crippen LogP contribution >= 0.6 is 0 Å². The lowest BCUT2D eigenvalue weighted by Crippen LogP contribution is -2.49. The quantitative estimate of drug-likeness (QED) is 0.775. The van der Waals surface area contributed by atoms with Crippen LogP contribution in [0.2, 0.25) is 0 Å². The van der Waals surface area contributed by atoms with Crippen LogP contribution in [0.15, 0.2) is 54.6 Å². The Morgan fingerprint density at radius 2 is 1.70 bits per heavy atom. The zero-order valence-electron chi connectivity index (χ0n) is 15.8. The lowest BCUT2D eigenvalue weighted by Gasteiger charge is -2.21. The maximum Gasteiger partial charge on any atom is 0.251 e. The van der Waals surface area contributed by atoms with Crippen LogP contribution in [0, 0.1) is 17.8 Å². The average Bonchev–Trinajstić information content (AvgIpc) is 2.69. The van der Waals surface area contributed by atoms with Crippen molar-refractivity contribution in [2.75, 3.05) is 13.7 Å². The molecule has 1 atom stereocenters. The molecular weight excluding hydrogens is 340 g/mol. The molecule has 140 valence electrons. The highest BCUT2D eigenvalue weighted by atomic mass is 16.5. The van der Waals surface area contributed by atoms with Gasteiger partial charge in [0.05, 0.1) is 13.7 Å². The summed E-state index contributed by atoms with van der Waals surface area (Å²) in [6, 6.07) is 15.6. The molecular formula is C22H24N2O3. The largest absolute Gasteiger partial charge is 0.497 e. The predicted molar refractivity (Wildman–Crippen MR) is 105 cm³/mol. The molecule has 2 rings (SSSR count). The summed E-state index contributed by atoms with van der Waals surface area (Å²) in [4.78, 5) is 24.9. The predicted octanol–water partition coefficient (Wildman–Crippen LogP) is 2.62. The van der Waals surface area contributed by atoms with Gasteiger partial charge in [-0.05, 0) is 42.3 Å². The Hall–Kier alpha value is -3.26. The fourth-order valence-corrected chi connectivity index (χ4v) is 2.41. The number of nitrogens with one attached hydrogen (secondary N) is 2. The normalized spacial score (nSPS) is 11.1. The topological polar surface area (TPSA) is 67.4 Å². The van der Waals surface area contributed by atoms with E-state index in [4.69, 9.17) is 4.74 Å². The van der Waals surface area contributed by atoms with E-state index in [1.54, 1.807) is 31.4 Å². The van der Waals surface area contributed by atoms with Crippen LogP contribution in [0.25, 0.3) is 0 Å². The summed E-state index contributed by atoms with van der Waals surface area (Å²) >= 11 is 0. The van der Waals surface area contributed by atoms with Gasteiger partial charge in [-0.2, -0.15) is 0 Å². The molecule has 27 heavy (non-hydrogen) atoms. The minimum atomic E-state index is -0.641. The molecule has 0 bridgehead atoms. The van der Waals surface area contributed by atoms with E-state index in [0.29, 0.717) is 11.3 Å². The molecule has 0 spiro atoms. The smallest absolute Gasteiger partial charge is 0.251 e. The van der Waals surface area contributed by atoms with Crippen molar-refractivity contribution in [1.29, 1.82) is 0 Å². The maximum absolute atomic E-state index is 12.4. The summed E-state index contributed by atoms with van der Waals surface area (Å²) < 4.78 is 5.08. The molecule has 0 aliphatic heterocycles. The van der Waals surface area contributed by atoms with Crippen molar-refractivity contribution in [3.05, 3.63) is 65.7 Å². The van der Waals surface area contributed by atoms with Gasteiger partial charge in [0, 0.05) is 11.1 Å². The second kappa shape index (κ2) is 10.0. The van der Waals surface area contributed by atoms with Gasteiger partial charge in [-0.15, -0.1) is 0 Å². The summed E-state index contributed by atoms with van der Waals surface area (Å²) in [5.41, 5.74) is 1.36. The van der Waals surface area contributed by atoms with E-state index in [1.807, 2.05) is 44.2 Å². The third kappa shape index (κ3) is 6.19. The first-order valence-electron chi connectivity index (χ1n) is 8.78. The van der Waals surface area contributed by atoms with Gasteiger partial charge in [0.1, 0.15) is 11.8 Å². The number of amides is 2. The van der Waals surface area contributed by atoms with Crippen LogP contribution in [0.3, 0.4) is 0 Å². The molecule has 0 fully saturated rings. The highest BCUT2D eigenvalue weighted by Crippen LogP contribution is 2.12. The maximum atomic E-state index is 12.4. The summed E-state index contributed by atoms with van der Waals surface area (Å²) in [6.07, 6.45) is 0. The molecule has 2 amide bonds. The third-order valence-corrected chi connectivity index (χ3v) is 3.95. The molecule has 0 radical (unpaired) electrons. The van der Waals surface area contributed by atoms with Crippen LogP contribution in [0.1, 0.15) is 29.8 Å².